The van der Waals surface area contributed by atoms with Crippen LogP contribution < -0.4 is 5.32 Å². The van der Waals surface area contributed by atoms with Crippen LogP contribution in [0.3, 0.4) is 0 Å². The molecule has 0 radical (unpaired) electrons. The Labute approximate surface area is 428 Å². The number of allylic oxidation sites excluding steroid dienone is 8. The van der Waals surface area contributed by atoms with Crippen LogP contribution in [0.4, 0.5) is 0 Å². The lowest BCUT2D eigenvalue weighted by Gasteiger charge is -2.37. The fraction of sp³-hybridized carbons (Fsp3) is 0.286. The number of ether oxygens (including phenoxy) is 2. The summed E-state index contributed by atoms with van der Waals surface area (Å²) >= 11 is 0. The smallest absolute Gasteiger partial charge is 0.457 e. The second kappa shape index (κ2) is 30.6. The van der Waals surface area contributed by atoms with E-state index in [-0.39, 0.29) is 26.2 Å². The molecule has 9 heteroatoms. The SMILES string of the molecule is CCCCCC=CCC=CCC=CCC=CCCCC(=O)O[C@H](COC(c1ccccc1)(c1ccccc1)c1ccccc1)COP(=O)(O)OCCNC(c1ccccc1)(c1ccccc1)c1ccccc1. The van der Waals surface area contributed by atoms with Gasteiger partial charge in [-0.3, -0.25) is 19.2 Å². The molecule has 0 aromatic heterocycles. The largest absolute Gasteiger partial charge is 0.472 e. The second-order valence-electron chi connectivity index (χ2n) is 17.6. The maximum Gasteiger partial charge on any atom is 0.472 e. The van der Waals surface area contributed by atoms with Crippen molar-refractivity contribution >= 4 is 13.8 Å². The molecule has 0 aliphatic heterocycles. The molecule has 1 unspecified atom stereocenters. The molecule has 6 aromatic carbocycles. The van der Waals surface area contributed by atoms with Crippen LogP contribution in [0.25, 0.3) is 0 Å². The highest BCUT2D eigenvalue weighted by Crippen LogP contribution is 2.45. The number of unbranched alkanes of at least 4 members (excludes halogenated alkanes) is 4. The molecule has 0 spiro atoms. The van der Waals surface area contributed by atoms with Gasteiger partial charge >= 0.3 is 13.8 Å². The molecule has 72 heavy (non-hydrogen) atoms. The lowest BCUT2D eigenvalue weighted by Crippen LogP contribution is -2.46. The summed E-state index contributed by atoms with van der Waals surface area (Å²) in [5, 5.41) is 3.67. The van der Waals surface area contributed by atoms with Crippen LogP contribution in [0.2, 0.25) is 0 Å². The van der Waals surface area contributed by atoms with Crippen LogP contribution in [-0.2, 0) is 39.0 Å². The van der Waals surface area contributed by atoms with Gasteiger partial charge in [-0.1, -0.05) is 250 Å². The lowest BCUT2D eigenvalue weighted by atomic mass is 9.77. The summed E-state index contributed by atoms with van der Waals surface area (Å²) in [6.45, 7) is 1.61. The third-order valence-electron chi connectivity index (χ3n) is 12.3. The monoisotopic (exact) mass is 986 g/mol. The van der Waals surface area contributed by atoms with E-state index < -0.39 is 37.6 Å². The Morgan fingerprint density at radius 1 is 0.528 bits per heavy atom. The van der Waals surface area contributed by atoms with Crippen LogP contribution in [-0.4, -0.2) is 43.3 Å². The van der Waals surface area contributed by atoms with Crippen LogP contribution >= 0.6 is 7.82 Å². The molecular formula is C63H72NO7P. The molecule has 2 N–H and O–H groups in total. The quantitative estimate of drug-likeness (QED) is 0.0142. The van der Waals surface area contributed by atoms with Crippen LogP contribution in [0.1, 0.15) is 105 Å². The van der Waals surface area contributed by atoms with Gasteiger partial charge in [0.15, 0.2) is 0 Å². The minimum absolute atomic E-state index is 0.140. The molecule has 376 valence electrons. The zero-order chi connectivity index (χ0) is 50.4. The Morgan fingerprint density at radius 2 is 0.917 bits per heavy atom. The Kier molecular flexibility index (Phi) is 23.4. The highest BCUT2D eigenvalue weighted by molar-refractivity contribution is 7.47. The van der Waals surface area contributed by atoms with Gasteiger partial charge in [0, 0.05) is 13.0 Å². The number of nitrogens with one attached hydrogen (secondary N) is 1. The minimum atomic E-state index is -4.69. The number of carbonyl (C=O) groups excluding carboxylic acids is 1. The molecule has 0 saturated carbocycles. The van der Waals surface area contributed by atoms with Gasteiger partial charge in [-0.15, -0.1) is 0 Å². The lowest BCUT2D eigenvalue weighted by molar-refractivity contribution is -0.157. The highest BCUT2D eigenvalue weighted by atomic mass is 31.2. The molecule has 0 bridgehead atoms. The molecule has 8 nitrogen and oxygen atoms in total. The maximum absolute atomic E-state index is 13.7. The third-order valence-corrected chi connectivity index (χ3v) is 13.3. The first-order valence-electron chi connectivity index (χ1n) is 25.5. The number of esters is 1. The van der Waals surface area contributed by atoms with E-state index in [1.165, 1.54) is 19.3 Å². The molecule has 0 aliphatic rings. The maximum atomic E-state index is 13.7. The van der Waals surface area contributed by atoms with Crippen molar-refractivity contribution in [3.63, 3.8) is 0 Å². The van der Waals surface area contributed by atoms with Crippen molar-refractivity contribution in [2.75, 3.05) is 26.4 Å². The van der Waals surface area contributed by atoms with E-state index in [0.29, 0.717) is 12.8 Å². The highest BCUT2D eigenvalue weighted by Gasteiger charge is 2.40. The van der Waals surface area contributed by atoms with Crippen molar-refractivity contribution in [1.29, 1.82) is 0 Å². The van der Waals surface area contributed by atoms with Crippen molar-refractivity contribution in [3.8, 4) is 0 Å². The van der Waals surface area contributed by atoms with Gasteiger partial charge in [-0.2, -0.15) is 0 Å². The van der Waals surface area contributed by atoms with Gasteiger partial charge in [0.05, 0.1) is 25.4 Å². The fourth-order valence-electron chi connectivity index (χ4n) is 8.76. The molecule has 2 atom stereocenters. The number of phosphoric acid groups is 1. The summed E-state index contributed by atoms with van der Waals surface area (Å²) < 4.78 is 38.1. The number of hydrogen-bond donors (Lipinski definition) is 2. The molecule has 0 fully saturated rings. The number of hydrogen-bond acceptors (Lipinski definition) is 7. The van der Waals surface area contributed by atoms with E-state index in [9.17, 15) is 14.3 Å². The Balaban J connectivity index is 1.11. The Morgan fingerprint density at radius 3 is 1.33 bits per heavy atom. The number of rotatable bonds is 32. The van der Waals surface area contributed by atoms with Gasteiger partial charge < -0.3 is 14.4 Å². The molecule has 6 rings (SSSR count). The van der Waals surface area contributed by atoms with Gasteiger partial charge in [0.1, 0.15) is 11.7 Å². The second-order valence-corrected chi connectivity index (χ2v) is 19.0. The first-order chi connectivity index (χ1) is 35.4. The molecule has 0 aliphatic carbocycles. The first-order valence-corrected chi connectivity index (χ1v) is 27.0. The van der Waals surface area contributed by atoms with Gasteiger partial charge in [0.25, 0.3) is 0 Å². The minimum Gasteiger partial charge on any atom is -0.457 e. The molecular weight excluding hydrogens is 914 g/mol. The van der Waals surface area contributed by atoms with E-state index in [4.69, 9.17) is 18.5 Å². The molecule has 0 amide bonds. The molecule has 0 saturated heterocycles. The van der Waals surface area contributed by atoms with Crippen molar-refractivity contribution in [3.05, 3.63) is 264 Å². The molecule has 0 heterocycles. The standard InChI is InChI=1S/C63H72NO7P/c1-2-3-4-5-6-7-8-9-10-11-12-13-14-15-16-17-36-49-61(65)71-60(52-68-63(57-43-30-21-31-44-57,58-45-32-22-33-46-58)59-47-34-23-35-48-59)53-70-72(66,67)69-51-50-64-62(54-37-24-18-25-38-54,55-39-26-19-27-40-55)56-41-28-20-29-42-56/h6-7,9-10,12-13,15-16,18-35,37-48,60,64H,2-5,8,11,14,17,36,49-53H2,1H3,(H,66,67)/t60-/m1/s1. The zero-order valence-corrected chi connectivity index (χ0v) is 42.7. The Hall–Kier alpha value is -6.22. The fourth-order valence-corrected chi connectivity index (χ4v) is 9.51. The van der Waals surface area contributed by atoms with Gasteiger partial charge in [0.2, 0.25) is 0 Å². The van der Waals surface area contributed by atoms with E-state index in [1.807, 2.05) is 146 Å². The number of phosphoric ester groups is 1. The predicted molar refractivity (Wildman–Crippen MR) is 292 cm³/mol. The topological polar surface area (TPSA) is 103 Å². The predicted octanol–water partition coefficient (Wildman–Crippen LogP) is 14.8. The van der Waals surface area contributed by atoms with E-state index in [0.717, 1.165) is 59.1 Å². The van der Waals surface area contributed by atoms with Crippen molar-refractivity contribution in [1.82, 2.24) is 5.32 Å². The summed E-state index contributed by atoms with van der Waals surface area (Å²) in [5.74, 6) is -0.468. The summed E-state index contributed by atoms with van der Waals surface area (Å²) in [7, 11) is -4.69. The summed E-state index contributed by atoms with van der Waals surface area (Å²) in [6.07, 6.45) is 25.4. The van der Waals surface area contributed by atoms with E-state index in [1.54, 1.807) is 0 Å². The van der Waals surface area contributed by atoms with Crippen LogP contribution in [0.15, 0.2) is 231 Å². The van der Waals surface area contributed by atoms with Crippen molar-refractivity contribution in [2.45, 2.75) is 88.4 Å². The third kappa shape index (κ3) is 17.0. The summed E-state index contributed by atoms with van der Waals surface area (Å²) in [4.78, 5) is 24.8. The van der Waals surface area contributed by atoms with Crippen LogP contribution in [0.5, 0.6) is 0 Å². The van der Waals surface area contributed by atoms with E-state index in [2.05, 4.69) is 97.2 Å². The van der Waals surface area contributed by atoms with Crippen LogP contribution in [0, 0.1) is 0 Å². The summed E-state index contributed by atoms with van der Waals surface area (Å²) in [6, 6.07) is 59.8. The number of benzene rings is 6. The van der Waals surface area contributed by atoms with Crippen molar-refractivity contribution in [2.24, 2.45) is 0 Å². The average Bonchev–Trinajstić information content (AvgIpc) is 3.43. The normalized spacial score (nSPS) is 13.5. The van der Waals surface area contributed by atoms with E-state index >= 15 is 0 Å². The molecule has 6 aromatic rings. The van der Waals surface area contributed by atoms with Gasteiger partial charge in [-0.25, -0.2) is 4.57 Å². The average molecular weight is 986 g/mol. The zero-order valence-electron chi connectivity index (χ0n) is 41.8. The van der Waals surface area contributed by atoms with Crippen molar-refractivity contribution < 1.29 is 32.8 Å². The summed E-state index contributed by atoms with van der Waals surface area (Å²) in [5.41, 5.74) is 3.60. The Bertz CT molecular complexity index is 2390. The first kappa shape index (κ1) is 55.1. The van der Waals surface area contributed by atoms with Gasteiger partial charge in [-0.05, 0) is 78.3 Å². The number of carbonyl (C=O) groups is 1.